The molecule has 0 amide bonds. The predicted octanol–water partition coefficient (Wildman–Crippen LogP) is 4.67. The van der Waals surface area contributed by atoms with Crippen LogP contribution in [0.5, 0.6) is 11.5 Å². The van der Waals surface area contributed by atoms with Crippen molar-refractivity contribution in [2.45, 2.75) is 6.92 Å². The molecular weight excluding hydrogens is 290 g/mol. The Labute approximate surface area is 133 Å². The quantitative estimate of drug-likeness (QED) is 0.584. The van der Waals surface area contributed by atoms with Crippen molar-refractivity contribution >= 4 is 21.9 Å². The third-order valence-corrected chi connectivity index (χ3v) is 4.01. The molecule has 0 unspecified atom stereocenters. The molecule has 4 heteroatoms. The first-order chi connectivity index (χ1) is 11.2. The molecule has 4 nitrogen and oxygen atoms in total. The largest absolute Gasteiger partial charge is 0.507 e. The van der Waals surface area contributed by atoms with Crippen molar-refractivity contribution in [3.8, 4) is 22.6 Å². The third kappa shape index (κ3) is 2.03. The molecule has 0 fully saturated rings. The first-order valence-corrected chi connectivity index (χ1v) is 7.34. The normalized spacial score (nSPS) is 11.2. The van der Waals surface area contributed by atoms with Gasteiger partial charge in [0.25, 0.3) is 0 Å². The molecule has 4 rings (SSSR count). The average molecular weight is 305 g/mol. The van der Waals surface area contributed by atoms with E-state index in [-0.39, 0.29) is 5.75 Å². The Bertz CT molecular complexity index is 1020. The Morgan fingerprint density at radius 3 is 2.39 bits per heavy atom. The number of benzene rings is 3. The molecule has 0 spiro atoms. The van der Waals surface area contributed by atoms with E-state index in [0.717, 1.165) is 22.1 Å². The van der Waals surface area contributed by atoms with E-state index in [4.69, 9.17) is 9.15 Å². The Kier molecular flexibility index (Phi) is 2.98. The van der Waals surface area contributed by atoms with Crippen LogP contribution < -0.4 is 4.74 Å². The highest BCUT2D eigenvalue weighted by atomic mass is 16.5. The summed E-state index contributed by atoms with van der Waals surface area (Å²) in [6.45, 7) is 1.81. The molecule has 1 heterocycles. The summed E-state index contributed by atoms with van der Waals surface area (Å²) < 4.78 is 11.0. The van der Waals surface area contributed by atoms with Gasteiger partial charge in [-0.15, -0.1) is 0 Å². The van der Waals surface area contributed by atoms with Gasteiger partial charge in [0.2, 0.25) is 0 Å². The van der Waals surface area contributed by atoms with Crippen LogP contribution in [0.4, 0.5) is 0 Å². The summed E-state index contributed by atoms with van der Waals surface area (Å²) in [6, 6.07) is 15.2. The minimum atomic E-state index is 0.214. The zero-order valence-corrected chi connectivity index (χ0v) is 12.8. The van der Waals surface area contributed by atoms with Crippen molar-refractivity contribution in [1.82, 2.24) is 4.98 Å². The smallest absolute Gasteiger partial charge is 0.192 e. The molecule has 0 aliphatic rings. The van der Waals surface area contributed by atoms with Gasteiger partial charge in [-0.3, -0.25) is 0 Å². The number of rotatable bonds is 2. The van der Waals surface area contributed by atoms with E-state index in [1.807, 2.05) is 55.5 Å². The van der Waals surface area contributed by atoms with Crippen molar-refractivity contribution in [3.63, 3.8) is 0 Å². The van der Waals surface area contributed by atoms with Gasteiger partial charge in [0.05, 0.1) is 12.7 Å². The number of aromatic nitrogens is 1. The summed E-state index contributed by atoms with van der Waals surface area (Å²) in [5.74, 6) is 1.55. The third-order valence-electron chi connectivity index (χ3n) is 4.01. The van der Waals surface area contributed by atoms with Crippen molar-refractivity contribution in [2.24, 2.45) is 0 Å². The Morgan fingerprint density at radius 2 is 1.70 bits per heavy atom. The molecule has 0 radical (unpaired) electrons. The standard InChI is InChI=1S/C19H15NO3/c1-11-20-17-16(12-7-9-13(22-2)10-8-12)18(21)14-5-3-4-6-15(14)19(17)23-11/h3-10,21H,1-2H3. The number of methoxy groups -OCH3 is 1. The molecule has 0 aliphatic heterocycles. The fourth-order valence-electron chi connectivity index (χ4n) is 2.94. The van der Waals surface area contributed by atoms with Gasteiger partial charge in [-0.25, -0.2) is 4.98 Å². The molecule has 0 bridgehead atoms. The maximum Gasteiger partial charge on any atom is 0.192 e. The minimum Gasteiger partial charge on any atom is -0.507 e. The summed E-state index contributed by atoms with van der Waals surface area (Å²) in [5.41, 5.74) is 2.91. The van der Waals surface area contributed by atoms with E-state index in [9.17, 15) is 5.11 Å². The lowest BCUT2D eigenvalue weighted by atomic mass is 9.98. The van der Waals surface area contributed by atoms with Crippen LogP contribution in [0, 0.1) is 6.92 Å². The van der Waals surface area contributed by atoms with Gasteiger partial charge in [-0.1, -0.05) is 36.4 Å². The summed E-state index contributed by atoms with van der Waals surface area (Å²) >= 11 is 0. The molecule has 0 saturated carbocycles. The lowest BCUT2D eigenvalue weighted by Crippen LogP contribution is -1.87. The molecule has 1 N–H and O–H groups in total. The number of aryl methyl sites for hydroxylation is 1. The van der Waals surface area contributed by atoms with E-state index in [1.165, 1.54) is 0 Å². The van der Waals surface area contributed by atoms with Crippen molar-refractivity contribution in [1.29, 1.82) is 0 Å². The molecule has 4 aromatic rings. The average Bonchev–Trinajstić information content (AvgIpc) is 2.97. The minimum absolute atomic E-state index is 0.214. The number of nitrogens with zero attached hydrogens (tertiary/aromatic N) is 1. The van der Waals surface area contributed by atoms with Gasteiger partial charge < -0.3 is 14.3 Å². The van der Waals surface area contributed by atoms with Crippen molar-refractivity contribution in [3.05, 3.63) is 54.4 Å². The van der Waals surface area contributed by atoms with Crippen LogP contribution in [0.2, 0.25) is 0 Å². The van der Waals surface area contributed by atoms with Crippen LogP contribution in [0.1, 0.15) is 5.89 Å². The van der Waals surface area contributed by atoms with E-state index < -0.39 is 0 Å². The summed E-state index contributed by atoms with van der Waals surface area (Å²) in [4.78, 5) is 4.49. The Hall–Kier alpha value is -3.01. The van der Waals surface area contributed by atoms with Gasteiger partial charge in [-0.05, 0) is 17.7 Å². The molecular formula is C19H15NO3. The predicted molar refractivity (Wildman–Crippen MR) is 89.9 cm³/mol. The fourth-order valence-corrected chi connectivity index (χ4v) is 2.94. The molecule has 0 atom stereocenters. The van der Waals surface area contributed by atoms with Gasteiger partial charge in [-0.2, -0.15) is 0 Å². The van der Waals surface area contributed by atoms with Crippen molar-refractivity contribution < 1.29 is 14.3 Å². The number of fused-ring (bicyclic) bond motifs is 3. The SMILES string of the molecule is COc1ccc(-c2c(O)c3ccccc3c3oc(C)nc23)cc1. The first-order valence-electron chi connectivity index (χ1n) is 7.34. The maximum absolute atomic E-state index is 10.8. The number of phenols is 1. The van der Waals surface area contributed by atoms with E-state index in [0.29, 0.717) is 22.6 Å². The second kappa shape index (κ2) is 5.02. The zero-order chi connectivity index (χ0) is 16.0. The lowest BCUT2D eigenvalue weighted by Gasteiger charge is -2.10. The first kappa shape index (κ1) is 13.6. The second-order valence-electron chi connectivity index (χ2n) is 5.41. The number of hydrogen-bond donors (Lipinski definition) is 1. The number of oxazole rings is 1. The molecule has 3 aromatic carbocycles. The molecule has 23 heavy (non-hydrogen) atoms. The highest BCUT2D eigenvalue weighted by molar-refractivity contribution is 6.13. The number of phenolic OH excluding ortho intramolecular Hbond substituents is 1. The highest BCUT2D eigenvalue weighted by Crippen LogP contribution is 2.43. The van der Waals surface area contributed by atoms with Crippen LogP contribution in [-0.2, 0) is 0 Å². The van der Waals surface area contributed by atoms with Gasteiger partial charge in [0.1, 0.15) is 17.0 Å². The molecule has 114 valence electrons. The van der Waals surface area contributed by atoms with E-state index in [1.54, 1.807) is 7.11 Å². The van der Waals surface area contributed by atoms with Crippen molar-refractivity contribution in [2.75, 3.05) is 7.11 Å². The topological polar surface area (TPSA) is 55.5 Å². The number of ether oxygens (including phenoxy) is 1. The Balaban J connectivity index is 2.12. The maximum atomic E-state index is 10.8. The van der Waals surface area contributed by atoms with Crippen LogP contribution in [0.3, 0.4) is 0 Å². The summed E-state index contributed by atoms with van der Waals surface area (Å²) in [6.07, 6.45) is 0. The van der Waals surface area contributed by atoms with E-state index >= 15 is 0 Å². The van der Waals surface area contributed by atoms with Crippen LogP contribution in [0.15, 0.2) is 52.9 Å². The van der Waals surface area contributed by atoms with Crippen LogP contribution in [0.25, 0.3) is 33.0 Å². The van der Waals surface area contributed by atoms with Crippen LogP contribution >= 0.6 is 0 Å². The number of aromatic hydroxyl groups is 1. The monoisotopic (exact) mass is 305 g/mol. The van der Waals surface area contributed by atoms with Gasteiger partial charge in [0.15, 0.2) is 11.5 Å². The van der Waals surface area contributed by atoms with E-state index in [2.05, 4.69) is 4.98 Å². The molecule has 0 aliphatic carbocycles. The summed E-state index contributed by atoms with van der Waals surface area (Å²) in [5, 5.41) is 12.4. The second-order valence-corrected chi connectivity index (χ2v) is 5.41. The van der Waals surface area contributed by atoms with Crippen LogP contribution in [-0.4, -0.2) is 17.2 Å². The van der Waals surface area contributed by atoms with Gasteiger partial charge >= 0.3 is 0 Å². The van der Waals surface area contributed by atoms with Gasteiger partial charge in [0, 0.05) is 17.7 Å². The summed E-state index contributed by atoms with van der Waals surface area (Å²) in [7, 11) is 1.63. The zero-order valence-electron chi connectivity index (χ0n) is 12.8. The highest BCUT2D eigenvalue weighted by Gasteiger charge is 2.19. The lowest BCUT2D eigenvalue weighted by molar-refractivity contribution is 0.415. The molecule has 0 saturated heterocycles. The Morgan fingerprint density at radius 1 is 1.00 bits per heavy atom. The fraction of sp³-hybridized carbons (Fsp3) is 0.105. The molecule has 1 aromatic heterocycles. The number of hydrogen-bond acceptors (Lipinski definition) is 4.